The van der Waals surface area contributed by atoms with Gasteiger partial charge in [0.2, 0.25) is 5.91 Å². The minimum atomic E-state index is -0.441. The average molecular weight is 264 g/mol. The van der Waals surface area contributed by atoms with Crippen molar-refractivity contribution in [3.05, 3.63) is 29.8 Å². The Morgan fingerprint density at radius 1 is 1.32 bits per heavy atom. The molecule has 0 unspecified atom stereocenters. The minimum absolute atomic E-state index is 0.0613. The summed E-state index contributed by atoms with van der Waals surface area (Å²) in [5.74, 6) is 0.856. The van der Waals surface area contributed by atoms with Crippen molar-refractivity contribution in [2.24, 2.45) is 0 Å². The van der Waals surface area contributed by atoms with E-state index in [9.17, 15) is 4.79 Å². The van der Waals surface area contributed by atoms with E-state index in [0.717, 1.165) is 24.3 Å². The molecule has 1 amide bonds. The van der Waals surface area contributed by atoms with Gasteiger partial charge in [0.05, 0.1) is 12.6 Å². The first-order valence-electron chi connectivity index (χ1n) is 6.60. The zero-order valence-electron chi connectivity index (χ0n) is 12.2. The van der Waals surface area contributed by atoms with Crippen LogP contribution in [0.25, 0.3) is 0 Å². The van der Waals surface area contributed by atoms with Crippen molar-refractivity contribution in [3.8, 4) is 5.75 Å². The van der Waals surface area contributed by atoms with Gasteiger partial charge in [0.15, 0.2) is 0 Å². The highest BCUT2D eigenvalue weighted by atomic mass is 16.5. The molecule has 0 aliphatic heterocycles. The summed E-state index contributed by atoms with van der Waals surface area (Å²) >= 11 is 0. The Labute approximate surface area is 115 Å². The molecule has 0 fully saturated rings. The van der Waals surface area contributed by atoms with Crippen molar-refractivity contribution in [1.82, 2.24) is 10.6 Å². The number of ether oxygens (including phenoxy) is 1. The molecule has 0 heterocycles. The Morgan fingerprint density at radius 2 is 2.00 bits per heavy atom. The van der Waals surface area contributed by atoms with Crippen LogP contribution >= 0.6 is 0 Å². The number of para-hydroxylation sites is 1. The predicted molar refractivity (Wildman–Crippen MR) is 77.3 cm³/mol. The number of carbonyl (C=O) groups excluding carboxylic acids is 1. The molecule has 1 rings (SSSR count). The van der Waals surface area contributed by atoms with Crippen LogP contribution in [0.2, 0.25) is 0 Å². The zero-order chi connectivity index (χ0) is 14.3. The van der Waals surface area contributed by atoms with Gasteiger partial charge in [-0.2, -0.15) is 0 Å². The monoisotopic (exact) mass is 264 g/mol. The van der Waals surface area contributed by atoms with Crippen LogP contribution in [-0.4, -0.2) is 26.6 Å². The minimum Gasteiger partial charge on any atom is -0.496 e. The van der Waals surface area contributed by atoms with E-state index < -0.39 is 5.54 Å². The maximum atomic E-state index is 11.9. The van der Waals surface area contributed by atoms with Gasteiger partial charge in [-0.3, -0.25) is 4.79 Å². The van der Waals surface area contributed by atoms with Gasteiger partial charge in [-0.15, -0.1) is 0 Å². The van der Waals surface area contributed by atoms with E-state index in [-0.39, 0.29) is 5.91 Å². The highest BCUT2D eigenvalue weighted by Gasteiger charge is 2.25. The Hall–Kier alpha value is -1.55. The maximum absolute atomic E-state index is 11.9. The number of methoxy groups -OCH3 is 1. The molecule has 0 saturated carbocycles. The quantitative estimate of drug-likeness (QED) is 0.741. The SMILES string of the molecule is CNCCCC(=O)NC(C)(C)c1ccccc1OC. The number of nitrogens with one attached hydrogen (secondary N) is 2. The molecule has 4 heteroatoms. The molecule has 4 nitrogen and oxygen atoms in total. The predicted octanol–water partition coefficient (Wildman–Crippen LogP) is 2.05. The van der Waals surface area contributed by atoms with Crippen LogP contribution in [0.15, 0.2) is 24.3 Å². The summed E-state index contributed by atoms with van der Waals surface area (Å²) in [5.41, 5.74) is 0.544. The van der Waals surface area contributed by atoms with Crippen molar-refractivity contribution in [3.63, 3.8) is 0 Å². The van der Waals surface area contributed by atoms with Gasteiger partial charge in [0.25, 0.3) is 0 Å². The first-order chi connectivity index (χ1) is 9.01. The van der Waals surface area contributed by atoms with E-state index in [1.54, 1.807) is 7.11 Å². The van der Waals surface area contributed by atoms with E-state index in [0.29, 0.717) is 6.42 Å². The first kappa shape index (κ1) is 15.5. The molecule has 0 bridgehead atoms. The molecular formula is C15H24N2O2. The molecule has 1 aromatic rings. The van der Waals surface area contributed by atoms with E-state index in [4.69, 9.17) is 4.74 Å². The summed E-state index contributed by atoms with van der Waals surface area (Å²) in [6, 6.07) is 7.76. The van der Waals surface area contributed by atoms with E-state index in [2.05, 4.69) is 10.6 Å². The van der Waals surface area contributed by atoms with Crippen LogP contribution in [0, 0.1) is 0 Å². The lowest BCUT2D eigenvalue weighted by atomic mass is 9.93. The van der Waals surface area contributed by atoms with Crippen LogP contribution in [0.3, 0.4) is 0 Å². The number of carbonyl (C=O) groups is 1. The molecule has 1 aromatic carbocycles. The summed E-state index contributed by atoms with van der Waals surface area (Å²) in [6.45, 7) is 4.82. The van der Waals surface area contributed by atoms with Crippen LogP contribution < -0.4 is 15.4 Å². The van der Waals surface area contributed by atoms with Gasteiger partial charge in [-0.25, -0.2) is 0 Å². The van der Waals surface area contributed by atoms with Gasteiger partial charge in [-0.1, -0.05) is 18.2 Å². The maximum Gasteiger partial charge on any atom is 0.220 e. The Balaban J connectivity index is 2.71. The third kappa shape index (κ3) is 4.56. The summed E-state index contributed by atoms with van der Waals surface area (Å²) in [5, 5.41) is 6.10. The van der Waals surface area contributed by atoms with E-state index in [1.807, 2.05) is 45.2 Å². The van der Waals surface area contributed by atoms with Crippen LogP contribution in [0.5, 0.6) is 5.75 Å². The van der Waals surface area contributed by atoms with Gasteiger partial charge >= 0.3 is 0 Å². The topological polar surface area (TPSA) is 50.4 Å². The number of hydrogen-bond acceptors (Lipinski definition) is 3. The van der Waals surface area contributed by atoms with Gasteiger partial charge in [0, 0.05) is 12.0 Å². The lowest BCUT2D eigenvalue weighted by Crippen LogP contribution is -2.41. The summed E-state index contributed by atoms with van der Waals surface area (Å²) in [7, 11) is 3.53. The standard InChI is InChI=1S/C15H24N2O2/c1-15(2,17-14(18)10-7-11-16-3)12-8-5-6-9-13(12)19-4/h5-6,8-9,16H,7,10-11H2,1-4H3,(H,17,18). The Morgan fingerprint density at radius 3 is 2.63 bits per heavy atom. The smallest absolute Gasteiger partial charge is 0.220 e. The lowest BCUT2D eigenvalue weighted by Gasteiger charge is -2.28. The van der Waals surface area contributed by atoms with Crippen molar-refractivity contribution < 1.29 is 9.53 Å². The average Bonchev–Trinajstić information content (AvgIpc) is 2.38. The Kier molecular flexibility index (Phi) is 5.83. The van der Waals surface area contributed by atoms with Crippen LogP contribution in [0.4, 0.5) is 0 Å². The fraction of sp³-hybridized carbons (Fsp3) is 0.533. The molecule has 0 aliphatic carbocycles. The van der Waals surface area contributed by atoms with Gasteiger partial charge in [0.1, 0.15) is 5.75 Å². The summed E-state index contributed by atoms with van der Waals surface area (Å²) < 4.78 is 5.35. The van der Waals surface area contributed by atoms with Crippen LogP contribution in [0.1, 0.15) is 32.3 Å². The molecule has 19 heavy (non-hydrogen) atoms. The lowest BCUT2D eigenvalue weighted by molar-refractivity contribution is -0.122. The van der Waals surface area contributed by atoms with Gasteiger partial charge < -0.3 is 15.4 Å². The van der Waals surface area contributed by atoms with Crippen LogP contribution in [-0.2, 0) is 10.3 Å². The second-order valence-electron chi connectivity index (χ2n) is 5.08. The first-order valence-corrected chi connectivity index (χ1v) is 6.60. The number of hydrogen-bond donors (Lipinski definition) is 2. The molecule has 0 atom stereocenters. The van der Waals surface area contributed by atoms with Crippen molar-refractivity contribution in [2.75, 3.05) is 20.7 Å². The summed E-state index contributed by atoms with van der Waals surface area (Å²) in [6.07, 6.45) is 1.36. The molecule has 0 radical (unpaired) electrons. The Bertz CT molecular complexity index is 416. The largest absolute Gasteiger partial charge is 0.496 e. The zero-order valence-corrected chi connectivity index (χ0v) is 12.2. The number of amides is 1. The molecule has 2 N–H and O–H groups in total. The normalized spacial score (nSPS) is 11.2. The highest BCUT2D eigenvalue weighted by molar-refractivity contribution is 5.77. The van der Waals surface area contributed by atoms with Crippen molar-refractivity contribution in [1.29, 1.82) is 0 Å². The molecule has 106 valence electrons. The molecule has 0 aromatic heterocycles. The summed E-state index contributed by atoms with van der Waals surface area (Å²) in [4.78, 5) is 11.9. The third-order valence-corrected chi connectivity index (χ3v) is 3.06. The van der Waals surface area contributed by atoms with E-state index in [1.165, 1.54) is 0 Å². The second kappa shape index (κ2) is 7.14. The fourth-order valence-electron chi connectivity index (χ4n) is 2.07. The van der Waals surface area contributed by atoms with E-state index >= 15 is 0 Å². The van der Waals surface area contributed by atoms with Crippen molar-refractivity contribution in [2.45, 2.75) is 32.2 Å². The molecule has 0 spiro atoms. The van der Waals surface area contributed by atoms with Crippen molar-refractivity contribution >= 4 is 5.91 Å². The molecule has 0 saturated heterocycles. The number of benzene rings is 1. The third-order valence-electron chi connectivity index (χ3n) is 3.06. The number of rotatable bonds is 7. The molecular weight excluding hydrogens is 240 g/mol. The van der Waals surface area contributed by atoms with Gasteiger partial charge in [-0.05, 0) is 39.9 Å². The fourth-order valence-corrected chi connectivity index (χ4v) is 2.07. The second-order valence-corrected chi connectivity index (χ2v) is 5.08. The highest BCUT2D eigenvalue weighted by Crippen LogP contribution is 2.29. The molecule has 0 aliphatic rings.